The lowest BCUT2D eigenvalue weighted by molar-refractivity contribution is 0.0360. The Morgan fingerprint density at radius 2 is 0.205 bits per heavy atom. The Balaban J connectivity index is 4.23. The van der Waals surface area contributed by atoms with Crippen molar-refractivity contribution < 1.29 is 38.1 Å². The predicted octanol–water partition coefficient (Wildman–Crippen LogP) is 48.6. The number of benzene rings is 1. The van der Waals surface area contributed by atoms with Crippen LogP contribution < -0.4 is 0 Å². The molecular formula is C138H262O8. The molecule has 1 rings (SSSR count). The Bertz CT molecular complexity index is 2410. The van der Waals surface area contributed by atoms with Crippen LogP contribution in [-0.2, 0) is 18.9 Å². The maximum Gasteiger partial charge on any atom is 0.339 e. The van der Waals surface area contributed by atoms with Crippen molar-refractivity contribution in [3.8, 4) is 0 Å². The molecule has 8 nitrogen and oxygen atoms in total. The quantitative estimate of drug-likeness (QED) is 0.0361. The van der Waals surface area contributed by atoms with E-state index in [1.54, 1.807) is 0 Å². The minimum atomic E-state index is -0.625. The first kappa shape index (κ1) is 141. The summed E-state index contributed by atoms with van der Waals surface area (Å²) in [5.41, 5.74) is 0.00628. The molecule has 1 aromatic rings. The molecular weight excluding hydrogens is 1790 g/mol. The highest BCUT2D eigenvalue weighted by Gasteiger charge is 2.32. The van der Waals surface area contributed by atoms with Gasteiger partial charge in [-0.3, -0.25) is 0 Å². The SMILES string of the molecule is CCCCCCCCCCCCCCCCC(CCCCCCCCCCCCCC)COC(=O)c1cc(C(=O)OCC(CCCCCCCCCCCCCC)CCCCCCCCCCCCCCCC)c(C(=O)OCC(CCCCCCCCCCCCCC)CCCCCCCCCCCCCCCC)cc1C(=O)OCC(CCCCCCCCCCCCCC)CCCCCCCCCCCCCCCC. The zero-order chi connectivity index (χ0) is 105. The van der Waals surface area contributed by atoms with Crippen molar-refractivity contribution in [3.05, 3.63) is 34.4 Å². The van der Waals surface area contributed by atoms with Crippen molar-refractivity contribution in [3.63, 3.8) is 0 Å². The van der Waals surface area contributed by atoms with E-state index in [2.05, 4.69) is 55.4 Å². The van der Waals surface area contributed by atoms with E-state index in [0.29, 0.717) is 0 Å². The van der Waals surface area contributed by atoms with Gasteiger partial charge in [-0.1, -0.05) is 723 Å². The molecule has 0 aromatic heterocycles. The zero-order valence-electron chi connectivity index (χ0n) is 101. The lowest BCUT2D eigenvalue weighted by Gasteiger charge is -2.21. The number of hydrogen-bond donors (Lipinski definition) is 0. The number of carbonyl (C=O) groups excluding carboxylic acids is 4. The Morgan fingerprint density at radius 3 is 0.288 bits per heavy atom. The second-order valence-electron chi connectivity index (χ2n) is 48.1. The van der Waals surface area contributed by atoms with Crippen molar-refractivity contribution >= 4 is 23.9 Å². The highest BCUT2D eigenvalue weighted by atomic mass is 16.5. The minimum Gasteiger partial charge on any atom is -0.462 e. The summed E-state index contributed by atoms with van der Waals surface area (Å²) in [5.74, 6) is -1.84. The third kappa shape index (κ3) is 96.9. The summed E-state index contributed by atoms with van der Waals surface area (Å²) in [6, 6.07) is 3.08. The first-order chi connectivity index (χ1) is 72.1. The maximum atomic E-state index is 15.9. The molecule has 0 saturated heterocycles. The molecule has 0 N–H and O–H groups in total. The Labute approximate surface area is 915 Å². The van der Waals surface area contributed by atoms with Gasteiger partial charge in [0, 0.05) is 0 Å². The largest absolute Gasteiger partial charge is 0.462 e. The van der Waals surface area contributed by atoms with Crippen molar-refractivity contribution in [1.82, 2.24) is 0 Å². The third-order valence-corrected chi connectivity index (χ3v) is 33.6. The van der Waals surface area contributed by atoms with Gasteiger partial charge in [0.2, 0.25) is 0 Å². The van der Waals surface area contributed by atoms with Crippen molar-refractivity contribution in [2.75, 3.05) is 26.4 Å². The lowest BCUT2D eigenvalue weighted by atomic mass is 9.94. The van der Waals surface area contributed by atoms with Crippen LogP contribution in [0, 0.1) is 23.7 Å². The first-order valence-corrected chi connectivity index (χ1v) is 68.0. The maximum absolute atomic E-state index is 15.9. The van der Waals surface area contributed by atoms with Gasteiger partial charge in [-0.25, -0.2) is 19.2 Å². The molecule has 8 heteroatoms. The summed E-state index contributed by atoms with van der Waals surface area (Å²) in [4.78, 5) is 63.4. The lowest BCUT2D eigenvalue weighted by Crippen LogP contribution is -2.24. The average Bonchev–Trinajstić information content (AvgIpc) is 0.782. The van der Waals surface area contributed by atoms with E-state index in [4.69, 9.17) is 18.9 Å². The summed E-state index contributed by atoms with van der Waals surface area (Å²) in [6.45, 7) is 19.4. The number of ether oxygens (including phenoxy) is 4. The molecule has 0 saturated carbocycles. The second-order valence-corrected chi connectivity index (χ2v) is 48.1. The smallest absolute Gasteiger partial charge is 0.339 e. The van der Waals surface area contributed by atoms with E-state index in [1.807, 2.05) is 0 Å². The number of hydrogen-bond acceptors (Lipinski definition) is 8. The molecule has 0 heterocycles. The van der Waals surface area contributed by atoms with Gasteiger partial charge in [0.15, 0.2) is 0 Å². The van der Waals surface area contributed by atoms with Crippen LogP contribution in [0.25, 0.3) is 0 Å². The van der Waals surface area contributed by atoms with E-state index in [9.17, 15) is 0 Å². The molecule has 4 unspecified atom stereocenters. The number of esters is 4. The zero-order valence-corrected chi connectivity index (χ0v) is 101. The highest BCUT2D eigenvalue weighted by Crippen LogP contribution is 2.32. The molecule has 0 bridgehead atoms. The van der Waals surface area contributed by atoms with Crippen LogP contribution in [-0.4, -0.2) is 50.3 Å². The van der Waals surface area contributed by atoms with E-state index in [1.165, 1.54) is 629 Å². The fourth-order valence-electron chi connectivity index (χ4n) is 23.2. The molecule has 4 atom stereocenters. The van der Waals surface area contributed by atoms with Crippen LogP contribution in [0.5, 0.6) is 0 Å². The molecule has 0 aliphatic rings. The standard InChI is InChI=1S/C138H262O8/c1-9-17-25-33-41-49-57-65-69-77-85-93-101-109-117-127(113-105-97-89-81-73-61-53-45-37-29-21-13-5)123-143-135(139)131-121-133(137(141)145-125-129(115-107-99-91-83-75-63-55-47-39-31-23-15-7)119-111-103-95-87-79-71-67-59-51-43-35-27-19-11-3)134(138(142)146-126-130(116-108-100-92-84-76-64-56-48-40-32-24-16-8)120-112-104-96-88-80-72-68-60-52-44-36-28-20-12-4)122-132(131)136(140)144-124-128(114-106-98-90-82-74-62-54-46-38-30-22-14-6)118-110-102-94-86-78-70-66-58-50-42-34-26-18-10-2/h121-122,127-130H,9-120,123-126H2,1-8H3. The van der Waals surface area contributed by atoms with Crippen LogP contribution in [0.2, 0.25) is 0 Å². The van der Waals surface area contributed by atoms with Crippen LogP contribution in [0.4, 0.5) is 0 Å². The van der Waals surface area contributed by atoms with Crippen LogP contribution in [0.3, 0.4) is 0 Å². The van der Waals surface area contributed by atoms with Gasteiger partial charge in [0.05, 0.1) is 48.7 Å². The fraction of sp³-hybridized carbons (Fsp3) is 0.928. The van der Waals surface area contributed by atoms with Gasteiger partial charge in [-0.2, -0.15) is 0 Å². The normalized spacial score (nSPS) is 12.5. The van der Waals surface area contributed by atoms with Gasteiger partial charge >= 0.3 is 23.9 Å². The number of carbonyl (C=O) groups is 4. The summed E-state index contributed by atoms with van der Waals surface area (Å²) in [6.07, 6.45) is 144. The summed E-state index contributed by atoms with van der Waals surface area (Å²) in [5, 5.41) is 0. The van der Waals surface area contributed by atoms with Crippen LogP contribution in [0.15, 0.2) is 12.1 Å². The second kappa shape index (κ2) is 118. The van der Waals surface area contributed by atoms with Crippen molar-refractivity contribution in [2.45, 2.75) is 775 Å². The van der Waals surface area contributed by atoms with Crippen LogP contribution >= 0.6 is 0 Å². The van der Waals surface area contributed by atoms with E-state index in [0.717, 1.165) is 103 Å². The minimum absolute atomic E-state index is 0.00157. The van der Waals surface area contributed by atoms with E-state index < -0.39 is 23.9 Å². The van der Waals surface area contributed by atoms with Gasteiger partial charge in [-0.05, 0) is 87.2 Å². The van der Waals surface area contributed by atoms with Crippen molar-refractivity contribution in [2.24, 2.45) is 23.7 Å². The molecule has 0 aliphatic heterocycles. The third-order valence-electron chi connectivity index (χ3n) is 33.6. The predicted molar refractivity (Wildman–Crippen MR) is 644 cm³/mol. The molecule has 0 radical (unpaired) electrons. The summed E-state index contributed by atoms with van der Waals surface area (Å²) >= 11 is 0. The molecule has 146 heavy (non-hydrogen) atoms. The van der Waals surface area contributed by atoms with E-state index >= 15 is 19.2 Å². The Hall–Kier alpha value is -2.90. The van der Waals surface area contributed by atoms with Gasteiger partial charge in [0.1, 0.15) is 0 Å². The first-order valence-electron chi connectivity index (χ1n) is 68.0. The highest BCUT2D eigenvalue weighted by molar-refractivity contribution is 6.10. The van der Waals surface area contributed by atoms with Gasteiger partial charge in [-0.15, -0.1) is 0 Å². The van der Waals surface area contributed by atoms with Gasteiger partial charge < -0.3 is 18.9 Å². The number of rotatable bonds is 124. The molecule has 0 amide bonds. The molecule has 0 spiro atoms. The fourth-order valence-corrected chi connectivity index (χ4v) is 23.2. The topological polar surface area (TPSA) is 105 Å². The summed E-state index contributed by atoms with van der Waals surface area (Å²) in [7, 11) is 0. The molecule has 0 aliphatic carbocycles. The molecule has 0 fully saturated rings. The van der Waals surface area contributed by atoms with Crippen LogP contribution in [0.1, 0.15) is 816 Å². The number of unbranched alkanes of at least 4 members (excludes halogenated alkanes) is 96. The Kier molecular flexibility index (Phi) is 114. The summed E-state index contributed by atoms with van der Waals surface area (Å²) < 4.78 is 26.9. The molecule has 862 valence electrons. The van der Waals surface area contributed by atoms with Gasteiger partial charge in [0.25, 0.3) is 0 Å². The molecule has 1 aromatic carbocycles. The van der Waals surface area contributed by atoms with E-state index in [-0.39, 0.29) is 72.4 Å². The average molecular weight is 2050 g/mol. The monoisotopic (exact) mass is 2050 g/mol. The Morgan fingerprint density at radius 1 is 0.130 bits per heavy atom. The van der Waals surface area contributed by atoms with Crippen molar-refractivity contribution in [1.29, 1.82) is 0 Å².